The molecule has 156 valence electrons. The van der Waals surface area contributed by atoms with E-state index >= 15 is 0 Å². The number of carbonyl (C=O) groups is 2. The number of amides is 2. The van der Waals surface area contributed by atoms with E-state index in [0.29, 0.717) is 24.6 Å². The molecule has 0 bridgehead atoms. The van der Waals surface area contributed by atoms with Gasteiger partial charge in [0.25, 0.3) is 5.91 Å². The van der Waals surface area contributed by atoms with Crippen LogP contribution in [0.4, 0.5) is 0 Å². The summed E-state index contributed by atoms with van der Waals surface area (Å²) in [6.45, 7) is 8.43. The summed E-state index contributed by atoms with van der Waals surface area (Å²) in [6.07, 6.45) is 0.528. The van der Waals surface area contributed by atoms with Crippen molar-refractivity contribution < 1.29 is 14.3 Å². The van der Waals surface area contributed by atoms with E-state index in [-0.39, 0.29) is 18.4 Å². The number of rotatable bonds is 9. The van der Waals surface area contributed by atoms with Gasteiger partial charge in [-0.2, -0.15) is 0 Å². The Morgan fingerprint density at radius 2 is 1.72 bits per heavy atom. The van der Waals surface area contributed by atoms with Crippen molar-refractivity contribution in [2.45, 2.75) is 52.6 Å². The quantitative estimate of drug-likeness (QED) is 0.696. The smallest absolute Gasteiger partial charge is 0.261 e. The highest BCUT2D eigenvalue weighted by molar-refractivity contribution is 5.88. The van der Waals surface area contributed by atoms with Gasteiger partial charge in [-0.3, -0.25) is 9.59 Å². The predicted octanol–water partition coefficient (Wildman–Crippen LogP) is 4.05. The molecule has 2 amide bonds. The Balaban J connectivity index is 2.16. The first-order valence-electron chi connectivity index (χ1n) is 10.2. The van der Waals surface area contributed by atoms with Gasteiger partial charge in [0, 0.05) is 13.6 Å². The van der Waals surface area contributed by atoms with Crippen molar-refractivity contribution in [1.29, 1.82) is 0 Å². The van der Waals surface area contributed by atoms with Crippen LogP contribution in [-0.2, 0) is 16.1 Å². The Morgan fingerprint density at radius 1 is 1.07 bits per heavy atom. The standard InChI is InChI=1S/C24H32N2O3/c1-6-22(24(28)25-5)26(15-20-10-8-7-9-18(20)4)23(27)16-29-21-13-11-19(12-14-21)17(2)3/h7-14,17,22H,6,15-16H2,1-5H3,(H,25,28). The highest BCUT2D eigenvalue weighted by atomic mass is 16.5. The summed E-state index contributed by atoms with van der Waals surface area (Å²) >= 11 is 0. The van der Waals surface area contributed by atoms with Gasteiger partial charge in [0.1, 0.15) is 11.8 Å². The molecular formula is C24H32N2O3. The Kier molecular flexibility index (Phi) is 8.25. The SMILES string of the molecule is CCC(C(=O)NC)N(Cc1ccccc1C)C(=O)COc1ccc(C(C)C)cc1. The second kappa shape index (κ2) is 10.6. The summed E-state index contributed by atoms with van der Waals surface area (Å²) in [5, 5.41) is 2.67. The first kappa shape index (κ1) is 22.5. The molecule has 29 heavy (non-hydrogen) atoms. The molecule has 0 fully saturated rings. The molecule has 0 saturated heterocycles. The van der Waals surface area contributed by atoms with Crippen LogP contribution in [0.3, 0.4) is 0 Å². The van der Waals surface area contributed by atoms with Crippen LogP contribution >= 0.6 is 0 Å². The molecule has 1 N–H and O–H groups in total. The van der Waals surface area contributed by atoms with Crippen LogP contribution in [0.5, 0.6) is 5.75 Å². The van der Waals surface area contributed by atoms with E-state index in [4.69, 9.17) is 4.74 Å². The molecule has 0 aromatic heterocycles. The summed E-state index contributed by atoms with van der Waals surface area (Å²) in [7, 11) is 1.59. The van der Waals surface area contributed by atoms with Crippen LogP contribution < -0.4 is 10.1 Å². The van der Waals surface area contributed by atoms with Crippen molar-refractivity contribution in [2.75, 3.05) is 13.7 Å². The maximum absolute atomic E-state index is 13.0. The van der Waals surface area contributed by atoms with Gasteiger partial charge in [0.05, 0.1) is 0 Å². The summed E-state index contributed by atoms with van der Waals surface area (Å²) in [5.41, 5.74) is 3.32. The number of nitrogens with zero attached hydrogens (tertiary/aromatic N) is 1. The molecule has 2 rings (SSSR count). The number of carbonyl (C=O) groups excluding carboxylic acids is 2. The third-order valence-electron chi connectivity index (χ3n) is 5.14. The molecule has 0 radical (unpaired) electrons. The molecule has 5 heteroatoms. The molecule has 2 aromatic carbocycles. The van der Waals surface area contributed by atoms with E-state index in [1.165, 1.54) is 5.56 Å². The second-order valence-corrected chi connectivity index (χ2v) is 7.50. The number of hydrogen-bond acceptors (Lipinski definition) is 3. The minimum atomic E-state index is -0.543. The van der Waals surface area contributed by atoms with Gasteiger partial charge in [-0.1, -0.05) is 57.2 Å². The fourth-order valence-corrected chi connectivity index (χ4v) is 3.23. The lowest BCUT2D eigenvalue weighted by atomic mass is 10.0. The summed E-state index contributed by atoms with van der Waals surface area (Å²) in [5.74, 6) is 0.701. The van der Waals surface area contributed by atoms with E-state index in [1.54, 1.807) is 11.9 Å². The van der Waals surface area contributed by atoms with Crippen molar-refractivity contribution in [3.8, 4) is 5.75 Å². The van der Waals surface area contributed by atoms with Crippen molar-refractivity contribution in [2.24, 2.45) is 0 Å². The minimum Gasteiger partial charge on any atom is -0.484 e. The van der Waals surface area contributed by atoms with E-state index in [1.807, 2.05) is 62.4 Å². The number of hydrogen-bond donors (Lipinski definition) is 1. The lowest BCUT2D eigenvalue weighted by molar-refractivity contribution is -0.142. The number of nitrogens with one attached hydrogen (secondary N) is 1. The number of likely N-dealkylation sites (N-methyl/N-ethyl adjacent to an activating group) is 1. The largest absolute Gasteiger partial charge is 0.484 e. The summed E-state index contributed by atoms with van der Waals surface area (Å²) < 4.78 is 5.74. The van der Waals surface area contributed by atoms with Gasteiger partial charge >= 0.3 is 0 Å². The fraction of sp³-hybridized carbons (Fsp3) is 0.417. The molecule has 0 saturated carbocycles. The first-order chi connectivity index (χ1) is 13.9. The van der Waals surface area contributed by atoms with Gasteiger partial charge in [-0.05, 0) is 48.1 Å². The maximum Gasteiger partial charge on any atom is 0.261 e. The Morgan fingerprint density at radius 3 is 2.28 bits per heavy atom. The first-order valence-corrected chi connectivity index (χ1v) is 10.2. The molecule has 1 atom stereocenters. The van der Waals surface area contributed by atoms with Crippen LogP contribution in [0.25, 0.3) is 0 Å². The summed E-state index contributed by atoms with van der Waals surface area (Å²) in [4.78, 5) is 27.1. The molecule has 0 spiro atoms. The highest BCUT2D eigenvalue weighted by Gasteiger charge is 2.28. The third-order valence-corrected chi connectivity index (χ3v) is 5.14. The van der Waals surface area contributed by atoms with Crippen molar-refractivity contribution in [3.63, 3.8) is 0 Å². The van der Waals surface area contributed by atoms with Crippen LogP contribution in [0.2, 0.25) is 0 Å². The van der Waals surface area contributed by atoms with Gasteiger partial charge in [0.15, 0.2) is 6.61 Å². The lowest BCUT2D eigenvalue weighted by Gasteiger charge is -2.30. The second-order valence-electron chi connectivity index (χ2n) is 7.50. The van der Waals surface area contributed by atoms with E-state index < -0.39 is 6.04 Å². The van der Waals surface area contributed by atoms with Gasteiger partial charge < -0.3 is 15.0 Å². The van der Waals surface area contributed by atoms with Crippen LogP contribution in [0.15, 0.2) is 48.5 Å². The molecule has 1 unspecified atom stereocenters. The van der Waals surface area contributed by atoms with Gasteiger partial charge in [-0.15, -0.1) is 0 Å². The fourth-order valence-electron chi connectivity index (χ4n) is 3.23. The lowest BCUT2D eigenvalue weighted by Crippen LogP contribution is -2.49. The summed E-state index contributed by atoms with van der Waals surface area (Å²) in [6, 6.07) is 15.1. The molecular weight excluding hydrogens is 364 g/mol. The Bertz CT molecular complexity index is 815. The Hall–Kier alpha value is -2.82. The Labute approximate surface area is 174 Å². The average Bonchev–Trinajstić information content (AvgIpc) is 2.73. The molecule has 0 aliphatic rings. The monoisotopic (exact) mass is 396 g/mol. The predicted molar refractivity (Wildman–Crippen MR) is 116 cm³/mol. The van der Waals surface area contributed by atoms with Crippen LogP contribution in [-0.4, -0.2) is 36.4 Å². The normalized spacial score (nSPS) is 11.8. The zero-order valence-corrected chi connectivity index (χ0v) is 18.1. The van der Waals surface area contributed by atoms with Crippen LogP contribution in [0.1, 0.15) is 49.8 Å². The topological polar surface area (TPSA) is 58.6 Å². The van der Waals surface area contributed by atoms with E-state index in [0.717, 1.165) is 11.1 Å². The zero-order chi connectivity index (χ0) is 21.4. The van der Waals surface area contributed by atoms with Crippen molar-refractivity contribution >= 4 is 11.8 Å². The average molecular weight is 397 g/mol. The van der Waals surface area contributed by atoms with Crippen LogP contribution in [0, 0.1) is 6.92 Å². The molecule has 0 aliphatic heterocycles. The molecule has 0 aliphatic carbocycles. The highest BCUT2D eigenvalue weighted by Crippen LogP contribution is 2.19. The number of ether oxygens (including phenoxy) is 1. The number of benzene rings is 2. The molecule has 0 heterocycles. The van der Waals surface area contributed by atoms with Gasteiger partial charge in [-0.25, -0.2) is 0 Å². The molecule has 5 nitrogen and oxygen atoms in total. The number of aryl methyl sites for hydroxylation is 1. The van der Waals surface area contributed by atoms with E-state index in [9.17, 15) is 9.59 Å². The van der Waals surface area contributed by atoms with Crippen molar-refractivity contribution in [3.05, 3.63) is 65.2 Å². The maximum atomic E-state index is 13.0. The molecule has 2 aromatic rings. The van der Waals surface area contributed by atoms with Crippen molar-refractivity contribution in [1.82, 2.24) is 10.2 Å². The van der Waals surface area contributed by atoms with Gasteiger partial charge in [0.2, 0.25) is 5.91 Å². The van der Waals surface area contributed by atoms with E-state index in [2.05, 4.69) is 19.2 Å². The minimum absolute atomic E-state index is 0.111. The third kappa shape index (κ3) is 6.08. The zero-order valence-electron chi connectivity index (χ0n) is 18.1.